The molecule has 0 aliphatic rings. The largest absolute Gasteiger partial charge is 0.383 e. The molecule has 3 rings (SSSR count). The average Bonchev–Trinajstić information content (AvgIpc) is 3.17. The summed E-state index contributed by atoms with van der Waals surface area (Å²) in [6.07, 6.45) is 8.72. The SMILES string of the molecule is CCCCNCCc1nc2c(-c3cnn(C)c3)cnn2c(N)c1Br. The van der Waals surface area contributed by atoms with Crippen LogP contribution in [0.3, 0.4) is 0 Å². The van der Waals surface area contributed by atoms with Gasteiger partial charge in [-0.25, -0.2) is 4.98 Å². The predicted octanol–water partition coefficient (Wildman–Crippen LogP) is 2.41. The molecule has 0 bridgehead atoms. The van der Waals surface area contributed by atoms with Crippen LogP contribution in [0.4, 0.5) is 5.82 Å². The number of aryl methyl sites for hydroxylation is 1. The van der Waals surface area contributed by atoms with Crippen molar-refractivity contribution in [1.82, 2.24) is 29.7 Å². The third-order valence-corrected chi connectivity index (χ3v) is 4.82. The number of fused-ring (bicyclic) bond motifs is 1. The molecule has 3 aromatic heterocycles. The van der Waals surface area contributed by atoms with Crippen molar-refractivity contribution in [2.45, 2.75) is 26.2 Å². The lowest BCUT2D eigenvalue weighted by molar-refractivity contribution is 0.635. The lowest BCUT2D eigenvalue weighted by Gasteiger charge is -2.09. The van der Waals surface area contributed by atoms with Gasteiger partial charge in [-0.3, -0.25) is 4.68 Å². The molecule has 0 unspecified atom stereocenters. The van der Waals surface area contributed by atoms with E-state index in [1.54, 1.807) is 15.4 Å². The van der Waals surface area contributed by atoms with Crippen LogP contribution in [0, 0.1) is 0 Å². The van der Waals surface area contributed by atoms with E-state index in [1.807, 2.05) is 19.4 Å². The maximum absolute atomic E-state index is 6.24. The van der Waals surface area contributed by atoms with Crippen LogP contribution in [0.5, 0.6) is 0 Å². The number of anilines is 1. The fraction of sp³-hybridized carbons (Fsp3) is 0.438. The molecule has 0 atom stereocenters. The fourth-order valence-electron chi connectivity index (χ4n) is 2.61. The normalized spacial score (nSPS) is 11.5. The Balaban J connectivity index is 1.91. The van der Waals surface area contributed by atoms with Gasteiger partial charge in [0.1, 0.15) is 5.82 Å². The summed E-state index contributed by atoms with van der Waals surface area (Å²) in [6, 6.07) is 0. The molecule has 0 radical (unpaired) electrons. The van der Waals surface area contributed by atoms with Crippen molar-refractivity contribution in [3.8, 4) is 11.1 Å². The molecule has 0 aliphatic carbocycles. The molecule has 0 fully saturated rings. The van der Waals surface area contributed by atoms with E-state index < -0.39 is 0 Å². The minimum Gasteiger partial charge on any atom is -0.383 e. The highest BCUT2D eigenvalue weighted by Crippen LogP contribution is 2.29. The molecule has 0 saturated heterocycles. The third kappa shape index (κ3) is 3.29. The molecule has 8 heteroatoms. The number of hydrogen-bond donors (Lipinski definition) is 2. The number of halogens is 1. The lowest BCUT2D eigenvalue weighted by Crippen LogP contribution is -2.19. The summed E-state index contributed by atoms with van der Waals surface area (Å²) in [4.78, 5) is 4.80. The zero-order chi connectivity index (χ0) is 17.1. The van der Waals surface area contributed by atoms with Crippen molar-refractivity contribution < 1.29 is 0 Å². The van der Waals surface area contributed by atoms with Crippen molar-refractivity contribution in [2.24, 2.45) is 7.05 Å². The first kappa shape index (κ1) is 16.9. The number of nitrogens with one attached hydrogen (secondary N) is 1. The highest BCUT2D eigenvalue weighted by Gasteiger charge is 2.16. The van der Waals surface area contributed by atoms with Gasteiger partial charge >= 0.3 is 0 Å². The maximum Gasteiger partial charge on any atom is 0.165 e. The Bertz CT molecular complexity index is 836. The van der Waals surface area contributed by atoms with Crippen LogP contribution in [0.2, 0.25) is 0 Å². The summed E-state index contributed by atoms with van der Waals surface area (Å²) < 4.78 is 4.24. The van der Waals surface area contributed by atoms with Crippen molar-refractivity contribution in [3.63, 3.8) is 0 Å². The van der Waals surface area contributed by atoms with Crippen molar-refractivity contribution in [1.29, 1.82) is 0 Å². The summed E-state index contributed by atoms with van der Waals surface area (Å²) in [5.41, 5.74) is 9.85. The second kappa shape index (κ2) is 7.31. The van der Waals surface area contributed by atoms with Gasteiger partial charge in [0.15, 0.2) is 5.65 Å². The first-order chi connectivity index (χ1) is 11.6. The monoisotopic (exact) mass is 391 g/mol. The van der Waals surface area contributed by atoms with E-state index in [-0.39, 0.29) is 0 Å². The minimum atomic E-state index is 0.568. The van der Waals surface area contributed by atoms with Crippen molar-refractivity contribution in [3.05, 3.63) is 28.8 Å². The second-order valence-corrected chi connectivity index (χ2v) is 6.60. The Hall–Kier alpha value is -1.93. The van der Waals surface area contributed by atoms with Crippen LogP contribution < -0.4 is 11.1 Å². The number of aromatic nitrogens is 5. The van der Waals surface area contributed by atoms with Gasteiger partial charge in [-0.1, -0.05) is 13.3 Å². The van der Waals surface area contributed by atoms with Gasteiger partial charge in [0.25, 0.3) is 0 Å². The number of nitrogens with two attached hydrogens (primary N) is 1. The van der Waals surface area contributed by atoms with Crippen LogP contribution in [-0.2, 0) is 13.5 Å². The maximum atomic E-state index is 6.24. The van der Waals surface area contributed by atoms with Gasteiger partial charge in [0.05, 0.1) is 22.6 Å². The molecule has 3 aromatic rings. The van der Waals surface area contributed by atoms with Crippen molar-refractivity contribution >= 4 is 27.4 Å². The summed E-state index contributed by atoms with van der Waals surface area (Å²) >= 11 is 3.56. The molecule has 0 saturated carbocycles. The summed E-state index contributed by atoms with van der Waals surface area (Å²) in [7, 11) is 1.89. The summed E-state index contributed by atoms with van der Waals surface area (Å²) in [5, 5.41) is 12.0. The number of nitrogens with zero attached hydrogens (tertiary/aromatic N) is 5. The van der Waals surface area contributed by atoms with Crippen LogP contribution in [0.1, 0.15) is 25.5 Å². The first-order valence-corrected chi connectivity index (χ1v) is 8.92. The zero-order valence-corrected chi connectivity index (χ0v) is 15.5. The number of nitrogen functional groups attached to an aromatic ring is 1. The fourth-order valence-corrected chi connectivity index (χ4v) is 3.06. The molecule has 7 nitrogen and oxygen atoms in total. The van der Waals surface area contributed by atoms with Gasteiger partial charge in [-0.2, -0.15) is 14.7 Å². The standard InChI is InChI=1S/C16H22BrN7/c1-3-4-6-19-7-5-13-14(17)15(18)24-16(22-13)12(9-21-24)11-8-20-23(2)10-11/h8-10,19H,3-7,18H2,1-2H3. The highest BCUT2D eigenvalue weighted by atomic mass is 79.9. The second-order valence-electron chi connectivity index (χ2n) is 5.81. The van der Waals surface area contributed by atoms with Crippen LogP contribution in [0.15, 0.2) is 23.1 Å². The number of rotatable bonds is 7. The quantitative estimate of drug-likeness (QED) is 0.603. The molecule has 0 aromatic carbocycles. The van der Waals surface area contributed by atoms with E-state index in [0.717, 1.165) is 46.5 Å². The molecular weight excluding hydrogens is 370 g/mol. The average molecular weight is 392 g/mol. The molecular formula is C16H22BrN7. The van der Waals surface area contributed by atoms with Crippen LogP contribution in [-0.4, -0.2) is 37.5 Å². The Labute approximate surface area is 149 Å². The number of unbranched alkanes of at least 4 members (excludes halogenated alkanes) is 1. The summed E-state index contributed by atoms with van der Waals surface area (Å²) in [5.74, 6) is 0.568. The molecule has 24 heavy (non-hydrogen) atoms. The molecule has 3 heterocycles. The topological polar surface area (TPSA) is 86.1 Å². The molecule has 128 valence electrons. The highest BCUT2D eigenvalue weighted by molar-refractivity contribution is 9.10. The number of hydrogen-bond acceptors (Lipinski definition) is 5. The Morgan fingerprint density at radius 3 is 2.79 bits per heavy atom. The van der Waals surface area contributed by atoms with Gasteiger partial charge in [-0.15, -0.1) is 0 Å². The first-order valence-electron chi connectivity index (χ1n) is 8.13. The van der Waals surface area contributed by atoms with E-state index in [9.17, 15) is 0 Å². The van der Waals surface area contributed by atoms with Crippen molar-refractivity contribution in [2.75, 3.05) is 18.8 Å². The Morgan fingerprint density at radius 2 is 2.08 bits per heavy atom. The van der Waals surface area contributed by atoms with Gasteiger partial charge < -0.3 is 11.1 Å². The summed E-state index contributed by atoms with van der Waals surface area (Å²) in [6.45, 7) is 4.09. The van der Waals surface area contributed by atoms with Crippen LogP contribution in [0.25, 0.3) is 16.8 Å². The minimum absolute atomic E-state index is 0.568. The lowest BCUT2D eigenvalue weighted by atomic mass is 10.2. The Morgan fingerprint density at radius 1 is 1.25 bits per heavy atom. The third-order valence-electron chi connectivity index (χ3n) is 3.95. The van der Waals surface area contributed by atoms with E-state index in [2.05, 4.69) is 38.4 Å². The van der Waals surface area contributed by atoms with Gasteiger partial charge in [-0.05, 0) is 28.9 Å². The molecule has 0 spiro atoms. The smallest absolute Gasteiger partial charge is 0.165 e. The van der Waals surface area contributed by atoms with Gasteiger partial charge in [0, 0.05) is 37.3 Å². The zero-order valence-electron chi connectivity index (χ0n) is 14.0. The predicted molar refractivity (Wildman–Crippen MR) is 98.8 cm³/mol. The van der Waals surface area contributed by atoms with E-state index >= 15 is 0 Å². The van der Waals surface area contributed by atoms with Crippen LogP contribution >= 0.6 is 15.9 Å². The molecule has 0 aliphatic heterocycles. The van der Waals surface area contributed by atoms with E-state index in [4.69, 9.17) is 10.7 Å². The molecule has 3 N–H and O–H groups in total. The van der Waals surface area contributed by atoms with E-state index in [0.29, 0.717) is 5.82 Å². The van der Waals surface area contributed by atoms with Gasteiger partial charge in [0.2, 0.25) is 0 Å². The Kier molecular flexibility index (Phi) is 5.15. The van der Waals surface area contributed by atoms with E-state index in [1.165, 1.54) is 12.8 Å². The molecule has 0 amide bonds.